The highest BCUT2D eigenvalue weighted by atomic mass is 32.1. The standard InChI is InChI=1S/C14H19N3OS/c1-10-5-7-17(8-6-10)11(2)13-15-16-14(18-13)12-4-3-9-19-12/h3-4,9-11H,5-8H2,1-2H3/t11-/m0/s1. The molecule has 102 valence electrons. The highest BCUT2D eigenvalue weighted by Gasteiger charge is 2.25. The van der Waals surface area contributed by atoms with Gasteiger partial charge in [0.2, 0.25) is 5.89 Å². The zero-order chi connectivity index (χ0) is 13.2. The number of hydrogen-bond donors (Lipinski definition) is 0. The first-order valence-corrected chi connectivity index (χ1v) is 7.73. The molecule has 2 aromatic heterocycles. The monoisotopic (exact) mass is 277 g/mol. The van der Waals surface area contributed by atoms with Gasteiger partial charge in [-0.1, -0.05) is 13.0 Å². The van der Waals surface area contributed by atoms with Crippen molar-refractivity contribution in [2.45, 2.75) is 32.7 Å². The van der Waals surface area contributed by atoms with Gasteiger partial charge in [0, 0.05) is 0 Å². The van der Waals surface area contributed by atoms with Crippen molar-refractivity contribution in [2.75, 3.05) is 13.1 Å². The minimum Gasteiger partial charge on any atom is -0.418 e. The fourth-order valence-electron chi connectivity index (χ4n) is 2.48. The lowest BCUT2D eigenvalue weighted by Crippen LogP contribution is -2.35. The van der Waals surface area contributed by atoms with Crippen molar-refractivity contribution in [3.63, 3.8) is 0 Å². The van der Waals surface area contributed by atoms with E-state index in [2.05, 4.69) is 28.9 Å². The van der Waals surface area contributed by atoms with Crippen molar-refractivity contribution in [1.82, 2.24) is 15.1 Å². The minimum atomic E-state index is 0.216. The first-order valence-electron chi connectivity index (χ1n) is 6.85. The molecule has 3 rings (SSSR count). The summed E-state index contributed by atoms with van der Waals surface area (Å²) in [7, 11) is 0. The summed E-state index contributed by atoms with van der Waals surface area (Å²) < 4.78 is 5.82. The topological polar surface area (TPSA) is 42.2 Å². The van der Waals surface area contributed by atoms with E-state index >= 15 is 0 Å². The maximum absolute atomic E-state index is 5.82. The molecule has 3 heterocycles. The van der Waals surface area contributed by atoms with E-state index in [1.165, 1.54) is 12.8 Å². The van der Waals surface area contributed by atoms with Gasteiger partial charge in [-0.25, -0.2) is 0 Å². The van der Waals surface area contributed by atoms with Gasteiger partial charge in [-0.2, -0.15) is 0 Å². The Morgan fingerprint density at radius 2 is 2.16 bits per heavy atom. The second-order valence-corrected chi connectivity index (χ2v) is 6.26. The summed E-state index contributed by atoms with van der Waals surface area (Å²) in [5, 5.41) is 10.4. The predicted molar refractivity (Wildman–Crippen MR) is 76.0 cm³/mol. The van der Waals surface area contributed by atoms with E-state index in [1.54, 1.807) is 11.3 Å². The molecule has 0 aliphatic carbocycles. The van der Waals surface area contributed by atoms with Gasteiger partial charge in [0.1, 0.15) is 0 Å². The zero-order valence-corrected chi connectivity index (χ0v) is 12.2. The number of rotatable bonds is 3. The van der Waals surface area contributed by atoms with E-state index in [-0.39, 0.29) is 6.04 Å². The molecule has 0 spiro atoms. The van der Waals surface area contributed by atoms with E-state index in [0.717, 1.165) is 29.8 Å². The number of aromatic nitrogens is 2. The summed E-state index contributed by atoms with van der Waals surface area (Å²) in [4.78, 5) is 3.48. The Kier molecular flexibility index (Phi) is 3.66. The Bertz CT molecular complexity index is 515. The van der Waals surface area contributed by atoms with Crippen molar-refractivity contribution < 1.29 is 4.42 Å². The maximum atomic E-state index is 5.82. The SMILES string of the molecule is CC1CCN([C@@H](C)c2nnc(-c3cccs3)o2)CC1. The summed E-state index contributed by atoms with van der Waals surface area (Å²) in [5.41, 5.74) is 0. The van der Waals surface area contributed by atoms with Gasteiger partial charge in [0.15, 0.2) is 0 Å². The lowest BCUT2D eigenvalue weighted by atomic mass is 9.98. The lowest BCUT2D eigenvalue weighted by Gasteiger charge is -2.33. The first kappa shape index (κ1) is 12.8. The van der Waals surface area contributed by atoms with Crippen molar-refractivity contribution in [2.24, 2.45) is 5.92 Å². The van der Waals surface area contributed by atoms with Crippen molar-refractivity contribution >= 4 is 11.3 Å². The number of hydrogen-bond acceptors (Lipinski definition) is 5. The van der Waals surface area contributed by atoms with Crippen LogP contribution in [0, 0.1) is 5.92 Å². The Balaban J connectivity index is 1.72. The van der Waals surface area contributed by atoms with Crippen LogP contribution in [-0.4, -0.2) is 28.2 Å². The average Bonchev–Trinajstić information content (AvgIpc) is 3.10. The molecular formula is C14H19N3OS. The molecule has 1 aliphatic heterocycles. The van der Waals surface area contributed by atoms with Gasteiger partial charge in [0.25, 0.3) is 5.89 Å². The molecule has 1 fully saturated rings. The van der Waals surface area contributed by atoms with Gasteiger partial charge in [-0.15, -0.1) is 21.5 Å². The molecule has 0 unspecified atom stereocenters. The van der Waals surface area contributed by atoms with Crippen molar-refractivity contribution in [1.29, 1.82) is 0 Å². The van der Waals surface area contributed by atoms with E-state index in [1.807, 2.05) is 17.5 Å². The molecule has 0 amide bonds. The van der Waals surface area contributed by atoms with Crippen LogP contribution in [-0.2, 0) is 0 Å². The number of likely N-dealkylation sites (tertiary alicyclic amines) is 1. The molecule has 0 saturated carbocycles. The number of thiophene rings is 1. The molecule has 5 heteroatoms. The van der Waals surface area contributed by atoms with Crippen molar-refractivity contribution in [3.05, 3.63) is 23.4 Å². The molecular weight excluding hydrogens is 258 g/mol. The molecule has 0 N–H and O–H groups in total. The number of nitrogens with zero attached hydrogens (tertiary/aromatic N) is 3. The normalized spacial score (nSPS) is 19.7. The van der Waals surface area contributed by atoms with Crippen LogP contribution in [0.5, 0.6) is 0 Å². The second-order valence-electron chi connectivity index (χ2n) is 5.32. The molecule has 0 radical (unpaired) electrons. The van der Waals surface area contributed by atoms with Crippen LogP contribution in [0.3, 0.4) is 0 Å². The summed E-state index contributed by atoms with van der Waals surface area (Å²) in [6.07, 6.45) is 2.52. The minimum absolute atomic E-state index is 0.216. The van der Waals surface area contributed by atoms with Crippen LogP contribution in [0.25, 0.3) is 10.8 Å². The van der Waals surface area contributed by atoms with Gasteiger partial charge in [-0.3, -0.25) is 4.90 Å². The van der Waals surface area contributed by atoms with E-state index in [4.69, 9.17) is 4.42 Å². The van der Waals surface area contributed by atoms with Crippen LogP contribution < -0.4 is 0 Å². The van der Waals surface area contributed by atoms with Gasteiger partial charge in [-0.05, 0) is 50.2 Å². The van der Waals surface area contributed by atoms with E-state index in [9.17, 15) is 0 Å². The Hall–Kier alpha value is -1.20. The summed E-state index contributed by atoms with van der Waals surface area (Å²) in [6.45, 7) is 6.73. The first-order chi connectivity index (χ1) is 9.24. The molecule has 2 aromatic rings. The quantitative estimate of drug-likeness (QED) is 0.859. The predicted octanol–water partition coefficient (Wildman–Crippen LogP) is 3.59. The highest BCUT2D eigenvalue weighted by Crippen LogP contribution is 2.29. The summed E-state index contributed by atoms with van der Waals surface area (Å²) in [6, 6.07) is 4.22. The third-order valence-electron chi connectivity index (χ3n) is 3.90. The summed E-state index contributed by atoms with van der Waals surface area (Å²) in [5.74, 6) is 2.22. The van der Waals surface area contributed by atoms with E-state index in [0.29, 0.717) is 5.89 Å². The van der Waals surface area contributed by atoms with Gasteiger partial charge in [0.05, 0.1) is 10.9 Å². The molecule has 1 atom stereocenters. The fraction of sp³-hybridized carbons (Fsp3) is 0.571. The lowest BCUT2D eigenvalue weighted by molar-refractivity contribution is 0.130. The Labute approximate surface area is 117 Å². The smallest absolute Gasteiger partial charge is 0.257 e. The zero-order valence-electron chi connectivity index (χ0n) is 11.4. The average molecular weight is 277 g/mol. The second kappa shape index (κ2) is 5.43. The molecule has 19 heavy (non-hydrogen) atoms. The van der Waals surface area contributed by atoms with Gasteiger partial charge < -0.3 is 4.42 Å². The summed E-state index contributed by atoms with van der Waals surface area (Å²) >= 11 is 1.63. The number of piperidine rings is 1. The third kappa shape index (κ3) is 2.72. The van der Waals surface area contributed by atoms with Gasteiger partial charge >= 0.3 is 0 Å². The maximum Gasteiger partial charge on any atom is 0.257 e. The van der Waals surface area contributed by atoms with Crippen LogP contribution in [0.1, 0.15) is 38.6 Å². The third-order valence-corrected chi connectivity index (χ3v) is 4.75. The highest BCUT2D eigenvalue weighted by molar-refractivity contribution is 7.13. The molecule has 0 bridgehead atoms. The molecule has 4 nitrogen and oxygen atoms in total. The Morgan fingerprint density at radius 1 is 1.37 bits per heavy atom. The van der Waals surface area contributed by atoms with Crippen LogP contribution in [0.2, 0.25) is 0 Å². The fourth-order valence-corrected chi connectivity index (χ4v) is 3.12. The van der Waals surface area contributed by atoms with Crippen LogP contribution >= 0.6 is 11.3 Å². The van der Waals surface area contributed by atoms with Crippen LogP contribution in [0.15, 0.2) is 21.9 Å². The largest absolute Gasteiger partial charge is 0.418 e. The Morgan fingerprint density at radius 3 is 2.84 bits per heavy atom. The van der Waals surface area contributed by atoms with E-state index < -0.39 is 0 Å². The molecule has 1 aliphatic rings. The van der Waals surface area contributed by atoms with Crippen molar-refractivity contribution in [3.8, 4) is 10.8 Å². The molecule has 1 saturated heterocycles. The molecule has 0 aromatic carbocycles. The van der Waals surface area contributed by atoms with Crippen LogP contribution in [0.4, 0.5) is 0 Å².